The molecule has 2 rings (SSSR count). The summed E-state index contributed by atoms with van der Waals surface area (Å²) < 4.78 is 11.5. The summed E-state index contributed by atoms with van der Waals surface area (Å²) in [5, 5.41) is 4.31. The lowest BCUT2D eigenvalue weighted by molar-refractivity contribution is 0.0526. The number of hydrogen-bond donors (Lipinski definition) is 0. The normalized spacial score (nSPS) is 10.3. The fraction of sp³-hybridized carbons (Fsp3) is 0.231. The third kappa shape index (κ3) is 2.71. The Bertz CT molecular complexity index is 595. The Kier molecular flexibility index (Phi) is 4.06. The third-order valence-corrected chi connectivity index (χ3v) is 2.87. The second-order valence-corrected chi connectivity index (χ2v) is 4.04. The molecule has 0 N–H and O–H groups in total. The molecule has 0 unspecified atom stereocenters. The van der Waals surface area contributed by atoms with Crippen molar-refractivity contribution in [3.63, 3.8) is 0 Å². The Balaban J connectivity index is 2.38. The van der Waals surface area contributed by atoms with Crippen LogP contribution in [0.5, 0.6) is 5.75 Å². The first-order valence-electron chi connectivity index (χ1n) is 5.72. The van der Waals surface area contributed by atoms with E-state index in [0.29, 0.717) is 18.0 Å². The van der Waals surface area contributed by atoms with E-state index in [1.807, 2.05) is 18.2 Å². The van der Waals surface area contributed by atoms with Crippen molar-refractivity contribution >= 4 is 17.6 Å². The molecule has 100 valence electrons. The van der Waals surface area contributed by atoms with Crippen LogP contribution in [0.15, 0.2) is 30.5 Å². The summed E-state index contributed by atoms with van der Waals surface area (Å²) in [6.07, 6.45) is 1.39. The van der Waals surface area contributed by atoms with Crippen LogP contribution in [0.25, 0.3) is 5.69 Å². The zero-order chi connectivity index (χ0) is 13.8. The highest BCUT2D eigenvalue weighted by Crippen LogP contribution is 2.23. The summed E-state index contributed by atoms with van der Waals surface area (Å²) in [5.41, 5.74) is 0.950. The zero-order valence-corrected chi connectivity index (χ0v) is 11.3. The molecular formula is C13H13ClN2O3. The van der Waals surface area contributed by atoms with Gasteiger partial charge in [-0.3, -0.25) is 0 Å². The van der Waals surface area contributed by atoms with Crippen molar-refractivity contribution in [3.8, 4) is 11.4 Å². The highest BCUT2D eigenvalue weighted by Gasteiger charge is 2.17. The first-order chi connectivity index (χ1) is 9.17. The van der Waals surface area contributed by atoms with E-state index in [1.165, 1.54) is 10.9 Å². The number of carbonyl (C=O) groups excluding carboxylic acids is 1. The van der Waals surface area contributed by atoms with Gasteiger partial charge in [0, 0.05) is 6.07 Å². The predicted molar refractivity (Wildman–Crippen MR) is 71.1 cm³/mol. The number of carbonyl (C=O) groups is 1. The first kappa shape index (κ1) is 13.4. The second kappa shape index (κ2) is 5.75. The van der Waals surface area contributed by atoms with Crippen LogP contribution in [0, 0.1) is 0 Å². The molecule has 0 bridgehead atoms. The maximum absolute atomic E-state index is 11.6. The van der Waals surface area contributed by atoms with E-state index in [4.69, 9.17) is 21.1 Å². The number of rotatable bonds is 4. The van der Waals surface area contributed by atoms with E-state index in [9.17, 15) is 4.79 Å². The number of aromatic nitrogens is 2. The van der Waals surface area contributed by atoms with E-state index >= 15 is 0 Å². The molecule has 0 atom stereocenters. The summed E-state index contributed by atoms with van der Waals surface area (Å²) >= 11 is 6.14. The lowest BCUT2D eigenvalue weighted by atomic mass is 10.3. The molecule has 0 spiro atoms. The molecular weight excluding hydrogens is 268 g/mol. The molecule has 1 aromatic heterocycles. The molecule has 5 nitrogen and oxygen atoms in total. The standard InChI is InChI=1S/C13H13ClN2O3/c1-3-19-13(17)11-8-15-16(12(11)14)9-5-4-6-10(7-9)18-2/h4-8H,3H2,1-2H3. The average Bonchev–Trinajstić information content (AvgIpc) is 2.81. The summed E-state index contributed by atoms with van der Waals surface area (Å²) in [7, 11) is 1.58. The van der Waals surface area contributed by atoms with Crippen molar-refractivity contribution in [1.82, 2.24) is 9.78 Å². The molecule has 0 amide bonds. The second-order valence-electron chi connectivity index (χ2n) is 3.68. The van der Waals surface area contributed by atoms with Gasteiger partial charge in [-0.05, 0) is 19.1 Å². The van der Waals surface area contributed by atoms with Crippen molar-refractivity contribution in [3.05, 3.63) is 41.2 Å². The van der Waals surface area contributed by atoms with Crippen LogP contribution in [-0.2, 0) is 4.74 Å². The molecule has 0 saturated carbocycles. The Labute approximate surface area is 115 Å². The highest BCUT2D eigenvalue weighted by molar-refractivity contribution is 6.32. The highest BCUT2D eigenvalue weighted by atomic mass is 35.5. The Morgan fingerprint density at radius 2 is 2.26 bits per heavy atom. The quantitative estimate of drug-likeness (QED) is 0.808. The van der Waals surface area contributed by atoms with Crippen LogP contribution < -0.4 is 4.74 Å². The topological polar surface area (TPSA) is 53.3 Å². The minimum Gasteiger partial charge on any atom is -0.497 e. The molecule has 19 heavy (non-hydrogen) atoms. The van der Waals surface area contributed by atoms with Crippen LogP contribution in [-0.4, -0.2) is 29.5 Å². The van der Waals surface area contributed by atoms with Crippen LogP contribution >= 0.6 is 11.6 Å². The monoisotopic (exact) mass is 280 g/mol. The van der Waals surface area contributed by atoms with Crippen molar-refractivity contribution < 1.29 is 14.3 Å². The summed E-state index contributed by atoms with van der Waals surface area (Å²) in [6.45, 7) is 2.03. The average molecular weight is 281 g/mol. The Morgan fingerprint density at radius 3 is 2.95 bits per heavy atom. The Morgan fingerprint density at radius 1 is 1.47 bits per heavy atom. The molecule has 1 aromatic carbocycles. The molecule has 0 radical (unpaired) electrons. The van der Waals surface area contributed by atoms with E-state index in [0.717, 1.165) is 0 Å². The SMILES string of the molecule is CCOC(=O)c1cnn(-c2cccc(OC)c2)c1Cl. The molecule has 0 fully saturated rings. The van der Waals surface area contributed by atoms with Gasteiger partial charge in [-0.1, -0.05) is 17.7 Å². The van der Waals surface area contributed by atoms with Gasteiger partial charge in [0.1, 0.15) is 16.5 Å². The van der Waals surface area contributed by atoms with E-state index in [-0.39, 0.29) is 10.7 Å². The predicted octanol–water partition coefficient (Wildman–Crippen LogP) is 2.71. The van der Waals surface area contributed by atoms with Crippen molar-refractivity contribution in [2.45, 2.75) is 6.92 Å². The van der Waals surface area contributed by atoms with Crippen molar-refractivity contribution in [1.29, 1.82) is 0 Å². The zero-order valence-electron chi connectivity index (χ0n) is 10.6. The third-order valence-electron chi connectivity index (χ3n) is 2.50. The number of methoxy groups -OCH3 is 1. The number of halogens is 1. The largest absolute Gasteiger partial charge is 0.497 e. The van der Waals surface area contributed by atoms with Gasteiger partial charge in [-0.15, -0.1) is 0 Å². The van der Waals surface area contributed by atoms with Gasteiger partial charge in [0.15, 0.2) is 0 Å². The lowest BCUT2D eigenvalue weighted by Gasteiger charge is -2.06. The molecule has 0 aliphatic heterocycles. The number of hydrogen-bond acceptors (Lipinski definition) is 4. The van der Waals surface area contributed by atoms with Gasteiger partial charge in [-0.25, -0.2) is 9.48 Å². The molecule has 0 aliphatic rings. The number of ether oxygens (including phenoxy) is 2. The van der Waals surface area contributed by atoms with Crippen LogP contribution in [0.2, 0.25) is 5.15 Å². The van der Waals surface area contributed by atoms with Gasteiger partial charge in [-0.2, -0.15) is 5.10 Å². The van der Waals surface area contributed by atoms with E-state index < -0.39 is 5.97 Å². The number of nitrogens with zero attached hydrogens (tertiary/aromatic N) is 2. The van der Waals surface area contributed by atoms with Gasteiger partial charge in [0.25, 0.3) is 0 Å². The number of esters is 1. The Hall–Kier alpha value is -2.01. The maximum atomic E-state index is 11.6. The van der Waals surface area contributed by atoms with Crippen LogP contribution in [0.1, 0.15) is 17.3 Å². The van der Waals surface area contributed by atoms with Gasteiger partial charge >= 0.3 is 5.97 Å². The minimum absolute atomic E-state index is 0.215. The maximum Gasteiger partial charge on any atom is 0.342 e. The van der Waals surface area contributed by atoms with E-state index in [2.05, 4.69) is 5.10 Å². The fourth-order valence-corrected chi connectivity index (χ4v) is 1.87. The minimum atomic E-state index is -0.485. The van der Waals surface area contributed by atoms with Gasteiger partial charge in [0.05, 0.1) is 25.6 Å². The summed E-state index contributed by atoms with van der Waals surface area (Å²) in [4.78, 5) is 11.6. The van der Waals surface area contributed by atoms with Crippen LogP contribution in [0.3, 0.4) is 0 Å². The van der Waals surface area contributed by atoms with E-state index in [1.54, 1.807) is 20.1 Å². The molecule has 0 aliphatic carbocycles. The van der Waals surface area contributed by atoms with Gasteiger partial charge < -0.3 is 9.47 Å². The molecule has 1 heterocycles. The molecule has 2 aromatic rings. The fourth-order valence-electron chi connectivity index (χ4n) is 1.60. The van der Waals surface area contributed by atoms with Crippen molar-refractivity contribution in [2.24, 2.45) is 0 Å². The first-order valence-corrected chi connectivity index (χ1v) is 6.10. The smallest absolute Gasteiger partial charge is 0.342 e. The van der Waals surface area contributed by atoms with Gasteiger partial charge in [0.2, 0.25) is 0 Å². The van der Waals surface area contributed by atoms with Crippen LogP contribution in [0.4, 0.5) is 0 Å². The lowest BCUT2D eigenvalue weighted by Crippen LogP contribution is -2.04. The number of benzene rings is 1. The molecule has 0 saturated heterocycles. The van der Waals surface area contributed by atoms with Crippen molar-refractivity contribution in [2.75, 3.05) is 13.7 Å². The summed E-state index contributed by atoms with van der Waals surface area (Å²) in [6, 6.07) is 7.22. The summed E-state index contributed by atoms with van der Waals surface area (Å²) in [5.74, 6) is 0.198. The molecule has 6 heteroatoms.